The number of hydrogen-bond acceptors (Lipinski definition) is 1. The van der Waals surface area contributed by atoms with E-state index in [9.17, 15) is 4.79 Å². The summed E-state index contributed by atoms with van der Waals surface area (Å²) in [6, 6.07) is 0. The van der Waals surface area contributed by atoms with Crippen molar-refractivity contribution in [3.8, 4) is 0 Å². The van der Waals surface area contributed by atoms with Crippen LogP contribution in [0.2, 0.25) is 0 Å². The zero-order valence-electron chi connectivity index (χ0n) is 10.8. The molecule has 3 aliphatic rings. The summed E-state index contributed by atoms with van der Waals surface area (Å²) in [5.74, 6) is 2.25. The Labute approximate surface area is 93.6 Å². The summed E-state index contributed by atoms with van der Waals surface area (Å²) in [4.78, 5) is 12.0. The largest absolute Gasteiger partial charge is 0.299 e. The van der Waals surface area contributed by atoms with Crippen molar-refractivity contribution in [2.24, 2.45) is 28.6 Å². The van der Waals surface area contributed by atoms with Gasteiger partial charge in [0.05, 0.1) is 0 Å². The van der Waals surface area contributed by atoms with Gasteiger partial charge in [-0.3, -0.25) is 4.79 Å². The number of Topliss-reactive ketones (excluding diaryl/α,β-unsaturated/α-hetero) is 1. The zero-order valence-corrected chi connectivity index (χ0v) is 10.8. The predicted molar refractivity (Wildman–Crippen MR) is 62.6 cm³/mol. The van der Waals surface area contributed by atoms with E-state index in [-0.39, 0.29) is 0 Å². The smallest absolute Gasteiger partial charge is 0.136 e. The number of carbonyl (C=O) groups is 1. The Morgan fingerprint density at radius 2 is 1.93 bits per heavy atom. The third-order valence-electron chi connectivity index (χ3n) is 4.73. The van der Waals surface area contributed by atoms with Gasteiger partial charge >= 0.3 is 0 Å². The summed E-state index contributed by atoms with van der Waals surface area (Å²) < 4.78 is 0. The minimum Gasteiger partial charge on any atom is -0.299 e. The van der Waals surface area contributed by atoms with Crippen molar-refractivity contribution in [2.45, 2.75) is 53.9 Å². The highest BCUT2D eigenvalue weighted by atomic mass is 16.1. The molecular weight excluding hydrogens is 184 g/mol. The minimum atomic E-state index is 0.291. The predicted octanol–water partition coefficient (Wildman–Crippen LogP) is 3.67. The molecule has 3 atom stereocenters. The van der Waals surface area contributed by atoms with Crippen LogP contribution in [0.3, 0.4) is 0 Å². The van der Waals surface area contributed by atoms with E-state index in [0.717, 1.165) is 12.8 Å². The van der Waals surface area contributed by atoms with Crippen LogP contribution in [0, 0.1) is 28.6 Å². The fourth-order valence-electron chi connectivity index (χ4n) is 3.62. The molecule has 1 nitrogen and oxygen atoms in total. The van der Waals surface area contributed by atoms with Crippen molar-refractivity contribution in [2.75, 3.05) is 0 Å². The summed E-state index contributed by atoms with van der Waals surface area (Å²) in [6.45, 7) is 11.5. The van der Waals surface area contributed by atoms with Crippen LogP contribution in [0.5, 0.6) is 0 Å². The number of ketones is 1. The fraction of sp³-hybridized carbons (Fsp3) is 0.929. The standard InChI is InChI=1S/C14H24O/c1-13(2,3)8-10-11-6-9(7-12(10)15)14(11,4)5/h9-11H,6-8H2,1-5H3. The Kier molecular flexibility index (Phi) is 2.30. The topological polar surface area (TPSA) is 17.1 Å². The van der Waals surface area contributed by atoms with Crippen molar-refractivity contribution in [1.82, 2.24) is 0 Å². The van der Waals surface area contributed by atoms with Crippen molar-refractivity contribution in [3.63, 3.8) is 0 Å². The average molecular weight is 208 g/mol. The quantitative estimate of drug-likeness (QED) is 0.642. The molecule has 0 aromatic rings. The molecule has 2 bridgehead atoms. The fourth-order valence-corrected chi connectivity index (χ4v) is 3.62. The van der Waals surface area contributed by atoms with Gasteiger partial charge in [0.25, 0.3) is 0 Å². The Hall–Kier alpha value is -0.330. The zero-order chi connectivity index (χ0) is 11.4. The van der Waals surface area contributed by atoms with Gasteiger partial charge in [-0.1, -0.05) is 34.6 Å². The van der Waals surface area contributed by atoms with Crippen LogP contribution in [-0.4, -0.2) is 5.78 Å². The highest BCUT2D eigenvalue weighted by Gasteiger charge is 2.57. The monoisotopic (exact) mass is 208 g/mol. The second kappa shape index (κ2) is 3.09. The highest BCUT2D eigenvalue weighted by molar-refractivity contribution is 5.83. The van der Waals surface area contributed by atoms with Crippen molar-refractivity contribution in [3.05, 3.63) is 0 Å². The van der Waals surface area contributed by atoms with Gasteiger partial charge in [-0.25, -0.2) is 0 Å². The van der Waals surface area contributed by atoms with Crippen LogP contribution in [0.25, 0.3) is 0 Å². The Balaban J connectivity index is 2.13. The first-order chi connectivity index (χ1) is 6.72. The third-order valence-corrected chi connectivity index (χ3v) is 4.73. The molecule has 0 N–H and O–H groups in total. The van der Waals surface area contributed by atoms with Crippen LogP contribution >= 0.6 is 0 Å². The van der Waals surface area contributed by atoms with E-state index in [1.165, 1.54) is 6.42 Å². The van der Waals surface area contributed by atoms with E-state index in [4.69, 9.17) is 0 Å². The molecule has 0 aliphatic heterocycles. The Bertz CT molecular complexity index is 282. The lowest BCUT2D eigenvalue weighted by Gasteiger charge is -2.60. The maximum atomic E-state index is 12.0. The molecule has 0 spiro atoms. The molecular formula is C14H24O. The molecule has 3 rings (SSSR count). The molecule has 86 valence electrons. The van der Waals surface area contributed by atoms with E-state index in [0.29, 0.717) is 34.4 Å². The van der Waals surface area contributed by atoms with Gasteiger partial charge in [0.15, 0.2) is 0 Å². The minimum absolute atomic E-state index is 0.291. The first kappa shape index (κ1) is 11.2. The number of carbonyl (C=O) groups excluding carboxylic acids is 1. The van der Waals surface area contributed by atoms with E-state index in [1.54, 1.807) is 0 Å². The SMILES string of the molecule is CC(C)(C)CC1C(=O)CC2CC1C2(C)C. The molecule has 0 aromatic carbocycles. The first-order valence-electron chi connectivity index (χ1n) is 6.24. The maximum absolute atomic E-state index is 12.0. The highest BCUT2D eigenvalue weighted by Crippen LogP contribution is 2.61. The van der Waals surface area contributed by atoms with Crippen LogP contribution in [0.1, 0.15) is 53.9 Å². The van der Waals surface area contributed by atoms with E-state index in [2.05, 4.69) is 34.6 Å². The molecule has 3 fully saturated rings. The van der Waals surface area contributed by atoms with Gasteiger partial charge in [0.2, 0.25) is 0 Å². The molecule has 1 heteroatoms. The molecule has 0 amide bonds. The van der Waals surface area contributed by atoms with Gasteiger partial charge < -0.3 is 0 Å². The number of fused-ring (bicyclic) bond motifs is 2. The van der Waals surface area contributed by atoms with Crippen LogP contribution < -0.4 is 0 Å². The van der Waals surface area contributed by atoms with Crippen molar-refractivity contribution in [1.29, 1.82) is 0 Å². The van der Waals surface area contributed by atoms with E-state index >= 15 is 0 Å². The Morgan fingerprint density at radius 3 is 2.40 bits per heavy atom. The molecule has 0 saturated heterocycles. The van der Waals surface area contributed by atoms with Gasteiger partial charge in [-0.15, -0.1) is 0 Å². The average Bonchev–Trinajstić information content (AvgIpc) is 2.05. The molecule has 3 saturated carbocycles. The van der Waals surface area contributed by atoms with E-state index < -0.39 is 0 Å². The molecule has 3 aliphatic carbocycles. The van der Waals surface area contributed by atoms with Crippen LogP contribution in [0.4, 0.5) is 0 Å². The molecule has 0 radical (unpaired) electrons. The number of rotatable bonds is 1. The molecule has 3 unspecified atom stereocenters. The van der Waals surface area contributed by atoms with Gasteiger partial charge in [0, 0.05) is 12.3 Å². The maximum Gasteiger partial charge on any atom is 0.136 e. The first-order valence-corrected chi connectivity index (χ1v) is 6.24. The van der Waals surface area contributed by atoms with Crippen LogP contribution in [-0.2, 0) is 4.79 Å². The van der Waals surface area contributed by atoms with Gasteiger partial charge in [0.1, 0.15) is 5.78 Å². The number of hydrogen-bond donors (Lipinski definition) is 0. The summed E-state index contributed by atoms with van der Waals surface area (Å²) >= 11 is 0. The van der Waals surface area contributed by atoms with Gasteiger partial charge in [-0.05, 0) is 35.5 Å². The lowest BCUT2D eigenvalue weighted by atomic mass is 9.44. The second-order valence-corrected chi connectivity index (χ2v) is 7.40. The van der Waals surface area contributed by atoms with Crippen LogP contribution in [0.15, 0.2) is 0 Å². The third kappa shape index (κ3) is 1.74. The molecule has 15 heavy (non-hydrogen) atoms. The summed E-state index contributed by atoms with van der Waals surface area (Å²) in [6.07, 6.45) is 3.23. The Morgan fingerprint density at radius 1 is 1.33 bits per heavy atom. The summed E-state index contributed by atoms with van der Waals surface area (Å²) in [5.41, 5.74) is 0.725. The second-order valence-electron chi connectivity index (χ2n) is 7.40. The summed E-state index contributed by atoms with van der Waals surface area (Å²) in [5, 5.41) is 0. The summed E-state index contributed by atoms with van der Waals surface area (Å²) in [7, 11) is 0. The molecule has 0 heterocycles. The normalized spacial score (nSPS) is 38.7. The van der Waals surface area contributed by atoms with E-state index in [1.807, 2.05) is 0 Å². The van der Waals surface area contributed by atoms with Gasteiger partial charge in [-0.2, -0.15) is 0 Å². The lowest BCUT2D eigenvalue weighted by molar-refractivity contribution is -0.157. The molecule has 0 aromatic heterocycles. The van der Waals surface area contributed by atoms with Crippen molar-refractivity contribution >= 4 is 5.78 Å². The van der Waals surface area contributed by atoms with Crippen molar-refractivity contribution < 1.29 is 4.79 Å². The lowest BCUT2D eigenvalue weighted by Crippen LogP contribution is -2.56.